The van der Waals surface area contributed by atoms with E-state index in [1.54, 1.807) is 18.2 Å². The number of amides is 2. The van der Waals surface area contributed by atoms with Crippen LogP contribution in [0.5, 0.6) is 0 Å². The van der Waals surface area contributed by atoms with Crippen LogP contribution in [-0.4, -0.2) is 16.9 Å². The van der Waals surface area contributed by atoms with Crippen molar-refractivity contribution in [3.05, 3.63) is 65.5 Å². The van der Waals surface area contributed by atoms with Crippen LogP contribution < -0.4 is 16.4 Å². The lowest BCUT2D eigenvalue weighted by molar-refractivity contribution is 0.0975. The number of thiocarbonyl (C=S) groups is 1. The van der Waals surface area contributed by atoms with E-state index in [1.165, 1.54) is 24.3 Å². The van der Waals surface area contributed by atoms with Crippen molar-refractivity contribution >= 4 is 34.8 Å². The molecule has 2 rings (SSSR count). The van der Waals surface area contributed by atoms with Gasteiger partial charge < -0.3 is 11.1 Å². The number of para-hydroxylation sites is 1. The second-order valence-corrected chi connectivity index (χ2v) is 4.74. The van der Waals surface area contributed by atoms with E-state index in [4.69, 9.17) is 18.0 Å². The molecule has 4 N–H and O–H groups in total. The molecular weight excluding hydrogens is 305 g/mol. The number of carbonyl (C=O) groups excluding carboxylic acids is 2. The predicted octanol–water partition coefficient (Wildman–Crippen LogP) is 2.05. The number of rotatable bonds is 3. The molecule has 2 amide bonds. The second kappa shape index (κ2) is 6.77. The molecule has 0 aliphatic rings. The van der Waals surface area contributed by atoms with Crippen molar-refractivity contribution < 1.29 is 14.0 Å². The summed E-state index contributed by atoms with van der Waals surface area (Å²) >= 11 is 5.00. The van der Waals surface area contributed by atoms with Gasteiger partial charge in [0, 0.05) is 5.56 Å². The third-order valence-corrected chi connectivity index (χ3v) is 2.96. The molecule has 0 saturated heterocycles. The molecule has 0 radical (unpaired) electrons. The van der Waals surface area contributed by atoms with E-state index in [1.807, 2.05) is 0 Å². The summed E-state index contributed by atoms with van der Waals surface area (Å²) in [6.07, 6.45) is 0. The van der Waals surface area contributed by atoms with Crippen LogP contribution in [-0.2, 0) is 0 Å². The molecule has 0 aliphatic carbocycles. The van der Waals surface area contributed by atoms with Crippen molar-refractivity contribution in [2.24, 2.45) is 5.73 Å². The Balaban J connectivity index is 2.08. The summed E-state index contributed by atoms with van der Waals surface area (Å²) in [5.74, 6) is -1.71. The first-order valence-corrected chi connectivity index (χ1v) is 6.65. The number of nitrogens with two attached hydrogens (primary N) is 1. The van der Waals surface area contributed by atoms with E-state index in [0.717, 1.165) is 6.07 Å². The number of halogens is 1. The van der Waals surface area contributed by atoms with Gasteiger partial charge in [0.05, 0.1) is 11.3 Å². The van der Waals surface area contributed by atoms with Crippen LogP contribution in [0.15, 0.2) is 48.5 Å². The highest BCUT2D eigenvalue weighted by Crippen LogP contribution is 2.14. The molecule has 0 bridgehead atoms. The first-order valence-electron chi connectivity index (χ1n) is 6.24. The number of carbonyl (C=O) groups is 2. The molecule has 0 fully saturated rings. The Morgan fingerprint density at radius 2 is 1.82 bits per heavy atom. The number of hydrogen-bond acceptors (Lipinski definition) is 3. The second-order valence-electron chi connectivity index (χ2n) is 4.33. The normalized spacial score (nSPS) is 9.86. The highest BCUT2D eigenvalue weighted by Gasteiger charge is 2.11. The van der Waals surface area contributed by atoms with E-state index in [0.29, 0.717) is 5.69 Å². The zero-order valence-corrected chi connectivity index (χ0v) is 12.1. The van der Waals surface area contributed by atoms with Gasteiger partial charge in [-0.3, -0.25) is 14.9 Å². The van der Waals surface area contributed by atoms with Crippen molar-refractivity contribution in [2.45, 2.75) is 0 Å². The lowest BCUT2D eigenvalue weighted by Crippen LogP contribution is -2.34. The zero-order chi connectivity index (χ0) is 16.1. The van der Waals surface area contributed by atoms with Gasteiger partial charge in [-0.25, -0.2) is 4.39 Å². The lowest BCUT2D eigenvalue weighted by Gasteiger charge is -2.12. The molecule has 0 spiro atoms. The molecular formula is C15H12FN3O2S. The number of nitrogens with one attached hydrogen (secondary N) is 2. The Morgan fingerprint density at radius 3 is 2.50 bits per heavy atom. The topological polar surface area (TPSA) is 84.2 Å². The van der Waals surface area contributed by atoms with Gasteiger partial charge in [0.15, 0.2) is 5.11 Å². The Morgan fingerprint density at radius 1 is 1.09 bits per heavy atom. The van der Waals surface area contributed by atoms with Gasteiger partial charge in [-0.05, 0) is 42.5 Å². The Hall–Kier alpha value is -2.80. The van der Waals surface area contributed by atoms with E-state index in [-0.39, 0.29) is 16.2 Å². The Labute approximate surface area is 131 Å². The van der Waals surface area contributed by atoms with Crippen molar-refractivity contribution in [3.63, 3.8) is 0 Å². The van der Waals surface area contributed by atoms with Crippen molar-refractivity contribution in [2.75, 3.05) is 5.32 Å². The summed E-state index contributed by atoms with van der Waals surface area (Å²) in [5.41, 5.74) is 6.00. The molecule has 112 valence electrons. The van der Waals surface area contributed by atoms with Crippen LogP contribution in [0.2, 0.25) is 0 Å². The van der Waals surface area contributed by atoms with Crippen LogP contribution >= 0.6 is 12.2 Å². The van der Waals surface area contributed by atoms with Crippen LogP contribution in [0.3, 0.4) is 0 Å². The van der Waals surface area contributed by atoms with Gasteiger partial charge in [-0.2, -0.15) is 0 Å². The monoisotopic (exact) mass is 317 g/mol. The number of anilines is 1. The fourth-order valence-corrected chi connectivity index (χ4v) is 1.97. The third-order valence-electron chi connectivity index (χ3n) is 2.75. The van der Waals surface area contributed by atoms with E-state index in [9.17, 15) is 14.0 Å². The molecule has 2 aromatic rings. The van der Waals surface area contributed by atoms with Crippen molar-refractivity contribution in [1.29, 1.82) is 0 Å². The van der Waals surface area contributed by atoms with Gasteiger partial charge in [0.2, 0.25) is 0 Å². The number of primary amides is 1. The van der Waals surface area contributed by atoms with Gasteiger partial charge in [-0.1, -0.05) is 18.2 Å². The standard InChI is InChI=1S/C15H12FN3O2S/c16-10-5-3-4-9(8-10)14(21)19-15(22)18-12-7-2-1-6-11(12)13(17)20/h1-8H,(H2,17,20)(H2,18,19,21,22). The molecule has 0 aliphatic heterocycles. The summed E-state index contributed by atoms with van der Waals surface area (Å²) in [4.78, 5) is 23.2. The first-order chi connectivity index (χ1) is 10.5. The maximum Gasteiger partial charge on any atom is 0.257 e. The maximum atomic E-state index is 13.1. The van der Waals surface area contributed by atoms with Gasteiger partial charge in [0.1, 0.15) is 5.82 Å². The molecule has 0 atom stereocenters. The molecule has 0 unspecified atom stereocenters. The van der Waals surface area contributed by atoms with Gasteiger partial charge in [0.25, 0.3) is 11.8 Å². The average molecular weight is 317 g/mol. The maximum absolute atomic E-state index is 13.1. The predicted molar refractivity (Wildman–Crippen MR) is 85.0 cm³/mol. The third kappa shape index (κ3) is 3.86. The average Bonchev–Trinajstić information content (AvgIpc) is 2.47. The minimum Gasteiger partial charge on any atom is -0.366 e. The van der Waals surface area contributed by atoms with Crippen LogP contribution in [0.4, 0.5) is 10.1 Å². The van der Waals surface area contributed by atoms with Crippen LogP contribution in [0.1, 0.15) is 20.7 Å². The molecule has 0 saturated carbocycles. The molecule has 5 nitrogen and oxygen atoms in total. The fraction of sp³-hybridized carbons (Fsp3) is 0. The zero-order valence-electron chi connectivity index (χ0n) is 11.3. The lowest BCUT2D eigenvalue weighted by atomic mass is 10.1. The highest BCUT2D eigenvalue weighted by atomic mass is 32.1. The molecule has 22 heavy (non-hydrogen) atoms. The fourth-order valence-electron chi connectivity index (χ4n) is 1.77. The molecule has 2 aromatic carbocycles. The van der Waals surface area contributed by atoms with Crippen LogP contribution in [0.25, 0.3) is 0 Å². The van der Waals surface area contributed by atoms with Gasteiger partial charge >= 0.3 is 0 Å². The Kier molecular flexibility index (Phi) is 4.80. The largest absolute Gasteiger partial charge is 0.366 e. The summed E-state index contributed by atoms with van der Waals surface area (Å²) < 4.78 is 13.1. The molecule has 0 heterocycles. The summed E-state index contributed by atoms with van der Waals surface area (Å²) in [7, 11) is 0. The minimum absolute atomic E-state index is 0.0250. The van der Waals surface area contributed by atoms with Crippen molar-refractivity contribution in [1.82, 2.24) is 5.32 Å². The van der Waals surface area contributed by atoms with E-state index < -0.39 is 17.6 Å². The van der Waals surface area contributed by atoms with Gasteiger partial charge in [-0.15, -0.1) is 0 Å². The molecule has 0 aromatic heterocycles. The minimum atomic E-state index is -0.623. The summed E-state index contributed by atoms with van der Waals surface area (Å²) in [5, 5.41) is 5.09. The smallest absolute Gasteiger partial charge is 0.257 e. The van der Waals surface area contributed by atoms with E-state index >= 15 is 0 Å². The van der Waals surface area contributed by atoms with Crippen molar-refractivity contribution in [3.8, 4) is 0 Å². The Bertz CT molecular complexity index is 749. The van der Waals surface area contributed by atoms with E-state index in [2.05, 4.69) is 10.6 Å². The highest BCUT2D eigenvalue weighted by molar-refractivity contribution is 7.80. The molecule has 7 heteroatoms. The first kappa shape index (κ1) is 15.6. The number of hydrogen-bond donors (Lipinski definition) is 3. The SMILES string of the molecule is NC(=O)c1ccccc1NC(=S)NC(=O)c1cccc(F)c1. The van der Waals surface area contributed by atoms with Crippen LogP contribution in [0, 0.1) is 5.82 Å². The quantitative estimate of drug-likeness (QED) is 0.757. The summed E-state index contributed by atoms with van der Waals surface area (Å²) in [6, 6.07) is 11.7. The number of benzene rings is 2. The summed E-state index contributed by atoms with van der Waals surface area (Å²) in [6.45, 7) is 0.